The highest BCUT2D eigenvalue weighted by atomic mass is 35.5. The number of hydrogen-bond acceptors (Lipinski definition) is 4. The number of nitro groups is 1. The van der Waals surface area contributed by atoms with Crippen molar-refractivity contribution in [1.29, 1.82) is 0 Å². The summed E-state index contributed by atoms with van der Waals surface area (Å²) in [4.78, 5) is 10.4. The van der Waals surface area contributed by atoms with E-state index in [2.05, 4.69) is 5.32 Å². The molecule has 0 radical (unpaired) electrons. The van der Waals surface area contributed by atoms with E-state index in [1.54, 1.807) is 19.3 Å². The van der Waals surface area contributed by atoms with Gasteiger partial charge in [-0.05, 0) is 37.1 Å². The molecule has 106 valence electrons. The average Bonchev–Trinajstić information content (AvgIpc) is 2.92. The Kier molecular flexibility index (Phi) is 4.29. The number of nitrogens with one attached hydrogen (secondary N) is 1. The van der Waals surface area contributed by atoms with E-state index in [-0.39, 0.29) is 16.8 Å². The fourth-order valence-electron chi connectivity index (χ4n) is 2.01. The Balaban J connectivity index is 2.29. The van der Waals surface area contributed by atoms with Gasteiger partial charge in [0.25, 0.3) is 5.69 Å². The molecule has 0 spiro atoms. The summed E-state index contributed by atoms with van der Waals surface area (Å²) in [6.07, 6.45) is 2.44. The Morgan fingerprint density at radius 2 is 2.25 bits per heavy atom. The number of aryl methyl sites for hydroxylation is 1. The molecular weight excluding hydrogens is 280 g/mol. The lowest BCUT2D eigenvalue weighted by Gasteiger charge is -2.18. The summed E-state index contributed by atoms with van der Waals surface area (Å²) in [5, 5.41) is 14.3. The maximum atomic E-state index is 10.8. The van der Waals surface area contributed by atoms with E-state index < -0.39 is 4.92 Å². The van der Waals surface area contributed by atoms with Crippen molar-refractivity contribution in [2.45, 2.75) is 26.3 Å². The van der Waals surface area contributed by atoms with Crippen molar-refractivity contribution >= 4 is 23.0 Å². The van der Waals surface area contributed by atoms with Gasteiger partial charge in [-0.3, -0.25) is 10.1 Å². The van der Waals surface area contributed by atoms with Crippen LogP contribution in [0.4, 0.5) is 11.4 Å². The number of anilines is 1. The van der Waals surface area contributed by atoms with E-state index >= 15 is 0 Å². The zero-order valence-electron chi connectivity index (χ0n) is 11.2. The highest BCUT2D eigenvalue weighted by molar-refractivity contribution is 6.33. The van der Waals surface area contributed by atoms with Gasteiger partial charge in [0.15, 0.2) is 0 Å². The Morgan fingerprint density at radius 1 is 1.50 bits per heavy atom. The molecule has 0 aliphatic carbocycles. The zero-order chi connectivity index (χ0) is 14.7. The van der Waals surface area contributed by atoms with E-state index in [0.717, 1.165) is 23.4 Å². The van der Waals surface area contributed by atoms with Gasteiger partial charge in [-0.1, -0.05) is 18.5 Å². The summed E-state index contributed by atoms with van der Waals surface area (Å²) >= 11 is 5.94. The molecule has 2 rings (SSSR count). The van der Waals surface area contributed by atoms with Gasteiger partial charge in [0.05, 0.1) is 17.2 Å². The van der Waals surface area contributed by atoms with Gasteiger partial charge in [-0.2, -0.15) is 0 Å². The zero-order valence-corrected chi connectivity index (χ0v) is 12.0. The van der Waals surface area contributed by atoms with Gasteiger partial charge in [0, 0.05) is 11.8 Å². The third kappa shape index (κ3) is 2.93. The molecule has 6 heteroatoms. The molecule has 1 atom stereocenters. The second kappa shape index (κ2) is 5.96. The highest BCUT2D eigenvalue weighted by Crippen LogP contribution is 2.33. The van der Waals surface area contributed by atoms with Crippen LogP contribution in [0.3, 0.4) is 0 Å². The Bertz CT molecular complexity index is 611. The minimum atomic E-state index is -0.483. The molecule has 5 nitrogen and oxygen atoms in total. The molecule has 0 fully saturated rings. The monoisotopic (exact) mass is 294 g/mol. The minimum absolute atomic E-state index is 0.00113. The first kappa shape index (κ1) is 14.4. The molecule has 20 heavy (non-hydrogen) atoms. The maximum absolute atomic E-state index is 10.8. The van der Waals surface area contributed by atoms with Crippen LogP contribution in [0.25, 0.3) is 0 Å². The number of nitrogens with zero attached hydrogens (tertiary/aromatic N) is 1. The van der Waals surface area contributed by atoms with Crippen LogP contribution < -0.4 is 5.32 Å². The lowest BCUT2D eigenvalue weighted by Crippen LogP contribution is -2.10. The molecule has 1 heterocycles. The first-order chi connectivity index (χ1) is 9.52. The molecule has 0 saturated heterocycles. The predicted molar refractivity (Wildman–Crippen MR) is 78.2 cm³/mol. The van der Waals surface area contributed by atoms with Gasteiger partial charge >= 0.3 is 0 Å². The molecule has 0 aliphatic rings. The van der Waals surface area contributed by atoms with Crippen LogP contribution >= 0.6 is 11.6 Å². The molecule has 1 N–H and O–H groups in total. The molecule has 2 aromatic rings. The molecule has 0 amide bonds. The molecule has 0 aliphatic heterocycles. The van der Waals surface area contributed by atoms with Crippen molar-refractivity contribution in [1.82, 2.24) is 0 Å². The van der Waals surface area contributed by atoms with E-state index in [9.17, 15) is 10.1 Å². The van der Waals surface area contributed by atoms with Crippen LogP contribution in [-0.2, 0) is 0 Å². The van der Waals surface area contributed by atoms with Crippen molar-refractivity contribution in [2.24, 2.45) is 0 Å². The van der Waals surface area contributed by atoms with E-state index in [1.807, 2.05) is 19.1 Å². The number of benzene rings is 1. The van der Waals surface area contributed by atoms with Crippen molar-refractivity contribution in [3.05, 3.63) is 57.0 Å². The number of nitro benzene ring substituents is 1. The molecular formula is C14H15ClN2O3. The SMILES string of the molecule is CCC(Nc1cc(Cl)c([N+](=O)[O-])cc1C)c1ccco1. The summed E-state index contributed by atoms with van der Waals surface area (Å²) < 4.78 is 5.39. The summed E-state index contributed by atoms with van der Waals surface area (Å²) in [6, 6.07) is 6.78. The average molecular weight is 295 g/mol. The van der Waals surface area contributed by atoms with Crippen LogP contribution in [-0.4, -0.2) is 4.92 Å². The summed E-state index contributed by atoms with van der Waals surface area (Å²) in [6.45, 7) is 3.84. The van der Waals surface area contributed by atoms with Gasteiger partial charge in [-0.25, -0.2) is 0 Å². The van der Waals surface area contributed by atoms with Gasteiger partial charge in [0.2, 0.25) is 0 Å². The smallest absolute Gasteiger partial charge is 0.288 e. The Morgan fingerprint density at radius 3 is 2.80 bits per heavy atom. The summed E-state index contributed by atoms with van der Waals surface area (Å²) in [7, 11) is 0. The van der Waals surface area contributed by atoms with Crippen LogP contribution in [0.1, 0.15) is 30.7 Å². The molecule has 0 bridgehead atoms. The number of hydrogen-bond donors (Lipinski definition) is 1. The Hall–Kier alpha value is -2.01. The van der Waals surface area contributed by atoms with Gasteiger partial charge < -0.3 is 9.73 Å². The summed E-state index contributed by atoms with van der Waals surface area (Å²) in [5.74, 6) is 0.821. The second-order valence-corrected chi connectivity index (χ2v) is 4.90. The fourth-order valence-corrected chi connectivity index (χ4v) is 2.25. The van der Waals surface area contributed by atoms with E-state index in [4.69, 9.17) is 16.0 Å². The predicted octanol–water partition coefficient (Wildman–Crippen LogP) is 4.71. The lowest BCUT2D eigenvalue weighted by molar-refractivity contribution is -0.384. The number of furan rings is 1. The van der Waals surface area contributed by atoms with Gasteiger partial charge in [0.1, 0.15) is 10.8 Å². The third-order valence-corrected chi connectivity index (χ3v) is 3.42. The van der Waals surface area contributed by atoms with Crippen molar-refractivity contribution < 1.29 is 9.34 Å². The van der Waals surface area contributed by atoms with Crippen LogP contribution in [0.15, 0.2) is 34.9 Å². The number of rotatable bonds is 5. The third-order valence-electron chi connectivity index (χ3n) is 3.12. The Labute approximate surface area is 121 Å². The van der Waals surface area contributed by atoms with Crippen molar-refractivity contribution in [3.8, 4) is 0 Å². The summed E-state index contributed by atoms with van der Waals surface area (Å²) in [5.41, 5.74) is 1.45. The van der Waals surface area contributed by atoms with E-state index in [1.165, 1.54) is 6.07 Å². The van der Waals surface area contributed by atoms with Crippen LogP contribution in [0, 0.1) is 17.0 Å². The highest BCUT2D eigenvalue weighted by Gasteiger charge is 2.18. The van der Waals surface area contributed by atoms with Crippen LogP contribution in [0.2, 0.25) is 5.02 Å². The fraction of sp³-hybridized carbons (Fsp3) is 0.286. The normalized spacial score (nSPS) is 12.2. The molecule has 0 saturated carbocycles. The second-order valence-electron chi connectivity index (χ2n) is 4.50. The number of halogens is 1. The molecule has 1 unspecified atom stereocenters. The van der Waals surface area contributed by atoms with Gasteiger partial charge in [-0.15, -0.1) is 0 Å². The topological polar surface area (TPSA) is 68.3 Å². The van der Waals surface area contributed by atoms with Crippen molar-refractivity contribution in [2.75, 3.05) is 5.32 Å². The molecule has 1 aromatic heterocycles. The first-order valence-electron chi connectivity index (χ1n) is 6.27. The van der Waals surface area contributed by atoms with Crippen molar-refractivity contribution in [3.63, 3.8) is 0 Å². The standard InChI is InChI=1S/C14H15ClN2O3/c1-3-11(14-5-4-6-20-14)16-12-8-10(15)13(17(18)19)7-9(12)2/h4-8,11,16H,3H2,1-2H3. The largest absolute Gasteiger partial charge is 0.467 e. The minimum Gasteiger partial charge on any atom is -0.467 e. The maximum Gasteiger partial charge on any atom is 0.288 e. The molecule has 1 aromatic carbocycles. The first-order valence-corrected chi connectivity index (χ1v) is 6.65. The van der Waals surface area contributed by atoms with Crippen LogP contribution in [0.5, 0.6) is 0 Å². The quantitative estimate of drug-likeness (QED) is 0.640. The lowest BCUT2D eigenvalue weighted by atomic mass is 10.1. The van der Waals surface area contributed by atoms with E-state index in [0.29, 0.717) is 0 Å².